The summed E-state index contributed by atoms with van der Waals surface area (Å²) in [6.45, 7) is 6.66. The minimum atomic E-state index is -0.490. The highest BCUT2D eigenvalue weighted by Crippen LogP contribution is 2.24. The number of hydrogen-bond donors (Lipinski definition) is 0. The molecule has 0 radical (unpaired) electrons. The Kier molecular flexibility index (Phi) is 8.83. The van der Waals surface area contributed by atoms with Crippen LogP contribution in [-0.4, -0.2) is 61.0 Å². The van der Waals surface area contributed by atoms with Gasteiger partial charge in [0.1, 0.15) is 5.69 Å². The second kappa shape index (κ2) is 11.1. The number of aromatic nitrogens is 1. The topological polar surface area (TPSA) is 77.8 Å². The molecule has 0 N–H and O–H groups in total. The third-order valence-electron chi connectivity index (χ3n) is 5.23. The lowest BCUT2D eigenvalue weighted by molar-refractivity contribution is 0.0587. The van der Waals surface area contributed by atoms with Gasteiger partial charge in [-0.1, -0.05) is 11.6 Å². The van der Waals surface area contributed by atoms with Crippen molar-refractivity contribution in [2.24, 2.45) is 0 Å². The van der Waals surface area contributed by atoms with Gasteiger partial charge in [-0.25, -0.2) is 4.79 Å². The highest BCUT2D eigenvalue weighted by atomic mass is 35.5. The summed E-state index contributed by atoms with van der Waals surface area (Å²) in [4.78, 5) is 40.2. The summed E-state index contributed by atoms with van der Waals surface area (Å²) in [6.07, 6.45) is 0.588. The number of benzene rings is 1. The first-order valence-corrected chi connectivity index (χ1v) is 10.5. The number of amides is 1. The number of carbonyl (C=O) groups excluding carboxylic acids is 3. The van der Waals surface area contributed by atoms with Crippen molar-refractivity contribution in [3.63, 3.8) is 0 Å². The number of ketones is 1. The van der Waals surface area contributed by atoms with E-state index in [0.29, 0.717) is 59.2 Å². The molecule has 0 saturated heterocycles. The molecule has 31 heavy (non-hydrogen) atoms. The maximum Gasteiger partial charge on any atom is 0.354 e. The number of methoxy groups -OCH3 is 2. The summed E-state index contributed by atoms with van der Waals surface area (Å²) in [5.74, 6) is -0.984. The lowest BCUT2D eigenvalue weighted by Crippen LogP contribution is -2.37. The Hall–Kier alpha value is -2.64. The van der Waals surface area contributed by atoms with Gasteiger partial charge in [0.15, 0.2) is 5.78 Å². The number of Topliss-reactive ketones (excluding diaryl/α,β-unsaturated/α-hetero) is 1. The summed E-state index contributed by atoms with van der Waals surface area (Å²) >= 11 is 5.93. The quantitative estimate of drug-likeness (QED) is 0.312. The molecule has 8 heteroatoms. The molecule has 0 aliphatic carbocycles. The predicted molar refractivity (Wildman–Crippen MR) is 119 cm³/mol. The second-order valence-corrected chi connectivity index (χ2v) is 7.61. The Bertz CT molecular complexity index is 950. The van der Waals surface area contributed by atoms with Gasteiger partial charge < -0.3 is 18.9 Å². The van der Waals surface area contributed by atoms with Gasteiger partial charge in [-0.3, -0.25) is 9.59 Å². The van der Waals surface area contributed by atoms with Crippen LogP contribution in [0.15, 0.2) is 24.3 Å². The zero-order valence-corrected chi connectivity index (χ0v) is 19.4. The first-order chi connectivity index (χ1) is 14.8. The van der Waals surface area contributed by atoms with Crippen molar-refractivity contribution < 1.29 is 23.9 Å². The van der Waals surface area contributed by atoms with Crippen LogP contribution >= 0.6 is 11.6 Å². The maximum absolute atomic E-state index is 13.3. The average molecular weight is 449 g/mol. The van der Waals surface area contributed by atoms with Crippen LogP contribution in [0, 0.1) is 13.8 Å². The van der Waals surface area contributed by atoms with Crippen molar-refractivity contribution in [2.45, 2.75) is 33.7 Å². The lowest BCUT2D eigenvalue weighted by Gasteiger charge is -2.22. The molecule has 1 aromatic heterocycles. The lowest BCUT2D eigenvalue weighted by atomic mass is 10.0. The van der Waals surface area contributed by atoms with E-state index >= 15 is 0 Å². The summed E-state index contributed by atoms with van der Waals surface area (Å²) in [7, 11) is 2.90. The van der Waals surface area contributed by atoms with E-state index in [4.69, 9.17) is 21.1 Å². The molecule has 0 aliphatic rings. The van der Waals surface area contributed by atoms with Crippen LogP contribution in [0.5, 0.6) is 0 Å². The minimum Gasteiger partial charge on any atom is -0.464 e. The van der Waals surface area contributed by atoms with E-state index in [0.717, 1.165) is 0 Å². The van der Waals surface area contributed by atoms with E-state index in [2.05, 4.69) is 0 Å². The molecule has 1 heterocycles. The molecule has 0 spiro atoms. The zero-order valence-electron chi connectivity index (χ0n) is 18.7. The maximum atomic E-state index is 13.3. The van der Waals surface area contributed by atoms with Crippen molar-refractivity contribution in [3.8, 4) is 0 Å². The van der Waals surface area contributed by atoms with Crippen LogP contribution in [0.2, 0.25) is 5.02 Å². The minimum absolute atomic E-state index is 0.110. The van der Waals surface area contributed by atoms with E-state index in [-0.39, 0.29) is 18.2 Å². The van der Waals surface area contributed by atoms with Crippen molar-refractivity contribution in [1.82, 2.24) is 9.47 Å². The van der Waals surface area contributed by atoms with Crippen molar-refractivity contribution >= 4 is 29.3 Å². The van der Waals surface area contributed by atoms with Gasteiger partial charge in [0.2, 0.25) is 0 Å². The van der Waals surface area contributed by atoms with Gasteiger partial charge >= 0.3 is 5.97 Å². The molecule has 0 atom stereocenters. The highest BCUT2D eigenvalue weighted by Gasteiger charge is 2.28. The van der Waals surface area contributed by atoms with Gasteiger partial charge in [-0.15, -0.1) is 0 Å². The molecule has 1 aromatic carbocycles. The number of halogens is 1. The van der Waals surface area contributed by atoms with Crippen molar-refractivity contribution in [2.75, 3.05) is 33.9 Å². The third-order valence-corrected chi connectivity index (χ3v) is 5.48. The predicted octanol–water partition coefficient (Wildman–Crippen LogP) is 3.93. The molecule has 0 saturated carbocycles. The van der Waals surface area contributed by atoms with E-state index in [1.807, 2.05) is 6.92 Å². The molecule has 0 aliphatic heterocycles. The summed E-state index contributed by atoms with van der Waals surface area (Å²) in [6, 6.07) is 6.56. The SMILES string of the molecule is CCn1c(C)c(C(=O)CN(CCCOC)C(=O)c2ccc(Cl)cc2)c(C)c1C(=O)OC. The fraction of sp³-hybridized carbons (Fsp3) is 0.435. The van der Waals surface area contributed by atoms with Crippen LogP contribution < -0.4 is 0 Å². The van der Waals surface area contributed by atoms with Gasteiger partial charge in [-0.05, 0) is 57.0 Å². The van der Waals surface area contributed by atoms with Gasteiger partial charge in [-0.2, -0.15) is 0 Å². The number of nitrogens with zero attached hydrogens (tertiary/aromatic N) is 2. The molecule has 168 valence electrons. The second-order valence-electron chi connectivity index (χ2n) is 7.17. The molecule has 0 bridgehead atoms. The van der Waals surface area contributed by atoms with Crippen LogP contribution in [0.3, 0.4) is 0 Å². The molecule has 0 fully saturated rings. The highest BCUT2D eigenvalue weighted by molar-refractivity contribution is 6.30. The van der Waals surface area contributed by atoms with Crippen LogP contribution in [0.4, 0.5) is 0 Å². The first kappa shape index (κ1) is 24.6. The molecular weight excluding hydrogens is 420 g/mol. The first-order valence-electron chi connectivity index (χ1n) is 10.1. The van der Waals surface area contributed by atoms with Crippen LogP contribution in [-0.2, 0) is 16.0 Å². The largest absolute Gasteiger partial charge is 0.464 e. The molecule has 2 rings (SSSR count). The zero-order chi connectivity index (χ0) is 23.1. The van der Waals surface area contributed by atoms with Crippen LogP contribution in [0.25, 0.3) is 0 Å². The van der Waals surface area contributed by atoms with E-state index in [9.17, 15) is 14.4 Å². The van der Waals surface area contributed by atoms with E-state index < -0.39 is 5.97 Å². The molecule has 0 unspecified atom stereocenters. The molecule has 7 nitrogen and oxygen atoms in total. The Morgan fingerprint density at radius 1 is 1.10 bits per heavy atom. The normalized spacial score (nSPS) is 10.8. The van der Waals surface area contributed by atoms with E-state index in [1.54, 1.807) is 49.8 Å². The number of ether oxygens (including phenoxy) is 2. The summed E-state index contributed by atoms with van der Waals surface area (Å²) < 4.78 is 11.8. The number of hydrogen-bond acceptors (Lipinski definition) is 5. The standard InChI is InChI=1S/C23H29ClN2O5/c1-6-26-16(3)20(15(2)21(26)23(29)31-5)19(27)14-25(12-7-13-30-4)22(28)17-8-10-18(24)11-9-17/h8-11H,6-7,12-14H2,1-5H3. The van der Waals surface area contributed by atoms with Crippen molar-refractivity contribution in [1.29, 1.82) is 0 Å². The number of carbonyl (C=O) groups is 3. The number of esters is 1. The fourth-order valence-electron chi connectivity index (χ4n) is 3.74. The number of rotatable bonds is 10. The summed E-state index contributed by atoms with van der Waals surface area (Å²) in [5.41, 5.74) is 2.50. The van der Waals surface area contributed by atoms with Gasteiger partial charge in [0.05, 0.1) is 13.7 Å². The monoisotopic (exact) mass is 448 g/mol. The van der Waals surface area contributed by atoms with E-state index in [1.165, 1.54) is 12.0 Å². The molecule has 2 aromatic rings. The van der Waals surface area contributed by atoms with Crippen molar-refractivity contribution in [3.05, 3.63) is 57.4 Å². The van der Waals surface area contributed by atoms with Gasteiger partial charge in [0, 0.05) is 48.6 Å². The molecule has 1 amide bonds. The molecular formula is C23H29ClN2O5. The Labute approximate surface area is 187 Å². The summed E-state index contributed by atoms with van der Waals surface area (Å²) in [5, 5.41) is 0.529. The Morgan fingerprint density at radius 3 is 2.29 bits per heavy atom. The Morgan fingerprint density at radius 2 is 1.74 bits per heavy atom. The third kappa shape index (κ3) is 5.54. The van der Waals surface area contributed by atoms with Crippen LogP contribution in [0.1, 0.15) is 55.8 Å². The fourth-order valence-corrected chi connectivity index (χ4v) is 3.87. The Balaban J connectivity index is 2.37. The smallest absolute Gasteiger partial charge is 0.354 e. The average Bonchev–Trinajstić information content (AvgIpc) is 3.01. The van der Waals surface area contributed by atoms with Gasteiger partial charge in [0.25, 0.3) is 5.91 Å².